The Labute approximate surface area is 146 Å². The predicted molar refractivity (Wildman–Crippen MR) is 91.9 cm³/mol. The fraction of sp³-hybridized carbons (Fsp3) is 0.438. The maximum Gasteiger partial charge on any atom is 0.303 e. The van der Waals surface area contributed by atoms with Crippen LogP contribution >= 0.6 is 0 Å². The zero-order chi connectivity index (χ0) is 18.4. The van der Waals surface area contributed by atoms with E-state index >= 15 is 0 Å². The minimum Gasteiger partial charge on any atom is -0.481 e. The van der Waals surface area contributed by atoms with Crippen molar-refractivity contribution in [3.8, 4) is 0 Å². The van der Waals surface area contributed by atoms with Gasteiger partial charge in [0, 0.05) is 38.5 Å². The zero-order valence-corrected chi connectivity index (χ0v) is 14.8. The molecule has 1 aliphatic rings. The summed E-state index contributed by atoms with van der Waals surface area (Å²) in [6.07, 6.45) is 1.23. The van der Waals surface area contributed by atoms with E-state index in [1.807, 2.05) is 0 Å². The maximum absolute atomic E-state index is 12.0. The van der Waals surface area contributed by atoms with Gasteiger partial charge in [0.2, 0.25) is 5.91 Å². The van der Waals surface area contributed by atoms with Crippen LogP contribution in [0.25, 0.3) is 0 Å². The molecule has 25 heavy (non-hydrogen) atoms. The van der Waals surface area contributed by atoms with Gasteiger partial charge in [0.1, 0.15) is 10.7 Å². The third-order valence-electron chi connectivity index (χ3n) is 3.76. The molecule has 8 nitrogen and oxygen atoms in total. The SMILES string of the molecule is CN(CCCC(=O)NCCCC(=O)O)C1=NS(=O)(=O)c2ccccc21. The van der Waals surface area contributed by atoms with Crippen LogP contribution in [0.3, 0.4) is 0 Å². The van der Waals surface area contributed by atoms with Crippen molar-refractivity contribution in [3.05, 3.63) is 29.8 Å². The second-order valence-electron chi connectivity index (χ2n) is 5.76. The molecule has 0 fully saturated rings. The molecule has 0 aromatic heterocycles. The smallest absolute Gasteiger partial charge is 0.303 e. The number of amidine groups is 1. The average molecular weight is 367 g/mol. The Hall–Kier alpha value is -2.42. The number of carbonyl (C=O) groups excluding carboxylic acids is 1. The standard InChI is InChI=1S/C16H21N3O5S/c1-19(11-5-8-14(20)17-10-4-9-15(21)22)16-12-6-2-3-7-13(12)25(23,24)18-16/h2-3,6-7H,4-5,8-11H2,1H3,(H,17,20)(H,21,22). The van der Waals surface area contributed by atoms with Crippen molar-refractivity contribution >= 4 is 27.7 Å². The van der Waals surface area contributed by atoms with Gasteiger partial charge in [-0.1, -0.05) is 12.1 Å². The maximum atomic E-state index is 12.0. The van der Waals surface area contributed by atoms with Crippen molar-refractivity contribution < 1.29 is 23.1 Å². The van der Waals surface area contributed by atoms with Crippen molar-refractivity contribution in [2.24, 2.45) is 4.40 Å². The quantitative estimate of drug-likeness (QED) is 0.658. The molecule has 2 rings (SSSR count). The Morgan fingerprint density at radius 1 is 1.20 bits per heavy atom. The Balaban J connectivity index is 1.81. The second kappa shape index (κ2) is 8.11. The summed E-state index contributed by atoms with van der Waals surface area (Å²) >= 11 is 0. The number of carboxylic acid groups (broad SMARTS) is 1. The van der Waals surface area contributed by atoms with E-state index in [-0.39, 0.29) is 23.6 Å². The first-order valence-electron chi connectivity index (χ1n) is 7.95. The molecule has 1 aromatic rings. The first-order valence-corrected chi connectivity index (χ1v) is 9.39. The van der Waals surface area contributed by atoms with Crippen molar-refractivity contribution in [2.75, 3.05) is 20.1 Å². The lowest BCUT2D eigenvalue weighted by Gasteiger charge is -2.18. The molecule has 0 unspecified atom stereocenters. The third kappa shape index (κ3) is 5.02. The lowest BCUT2D eigenvalue weighted by molar-refractivity contribution is -0.137. The Morgan fingerprint density at radius 2 is 1.92 bits per heavy atom. The number of fused-ring (bicyclic) bond motifs is 1. The molecule has 0 saturated carbocycles. The highest BCUT2D eigenvalue weighted by molar-refractivity contribution is 7.90. The summed E-state index contributed by atoms with van der Waals surface area (Å²) < 4.78 is 27.9. The Morgan fingerprint density at radius 3 is 2.64 bits per heavy atom. The molecule has 2 N–H and O–H groups in total. The average Bonchev–Trinajstić information content (AvgIpc) is 2.83. The van der Waals surface area contributed by atoms with E-state index in [0.29, 0.717) is 37.3 Å². The summed E-state index contributed by atoms with van der Waals surface area (Å²) in [5.41, 5.74) is 0.572. The number of aliphatic carboxylic acids is 1. The molecule has 136 valence electrons. The molecule has 0 aliphatic carbocycles. The summed E-state index contributed by atoms with van der Waals surface area (Å²) in [5, 5.41) is 11.2. The van der Waals surface area contributed by atoms with E-state index < -0.39 is 16.0 Å². The monoisotopic (exact) mass is 367 g/mol. The molecular weight excluding hydrogens is 346 g/mol. The topological polar surface area (TPSA) is 116 Å². The van der Waals surface area contributed by atoms with Gasteiger partial charge in [0.15, 0.2) is 0 Å². The Bertz CT molecular complexity index is 789. The van der Waals surface area contributed by atoms with E-state index in [1.54, 1.807) is 30.1 Å². The number of hydrogen-bond acceptors (Lipinski definition) is 5. The lowest BCUT2D eigenvalue weighted by atomic mass is 10.2. The first-order chi connectivity index (χ1) is 11.8. The molecule has 1 amide bonds. The van der Waals surface area contributed by atoms with Crippen molar-refractivity contribution in [2.45, 2.75) is 30.6 Å². The summed E-state index contributed by atoms with van der Waals surface area (Å²) in [5.74, 6) is -0.652. The van der Waals surface area contributed by atoms with Crippen molar-refractivity contribution in [3.63, 3.8) is 0 Å². The highest BCUT2D eigenvalue weighted by Crippen LogP contribution is 2.26. The molecular formula is C16H21N3O5S. The van der Waals surface area contributed by atoms with Gasteiger partial charge in [-0.05, 0) is 25.0 Å². The highest BCUT2D eigenvalue weighted by atomic mass is 32.2. The van der Waals surface area contributed by atoms with Gasteiger partial charge < -0.3 is 15.3 Å². The van der Waals surface area contributed by atoms with Crippen molar-refractivity contribution in [1.29, 1.82) is 0 Å². The molecule has 0 saturated heterocycles. The minimum absolute atomic E-state index is 0.0245. The van der Waals surface area contributed by atoms with Crippen LogP contribution in [-0.4, -0.2) is 56.3 Å². The number of benzene rings is 1. The van der Waals surface area contributed by atoms with E-state index in [0.717, 1.165) is 0 Å². The summed E-state index contributed by atoms with van der Waals surface area (Å²) in [7, 11) is -1.91. The molecule has 0 atom stereocenters. The van der Waals surface area contributed by atoms with E-state index in [4.69, 9.17) is 5.11 Å². The predicted octanol–water partition coefficient (Wildman–Crippen LogP) is 0.829. The van der Waals surface area contributed by atoms with Crippen LogP contribution in [0.1, 0.15) is 31.2 Å². The number of rotatable bonds is 8. The molecule has 0 bridgehead atoms. The van der Waals surface area contributed by atoms with Crippen LogP contribution in [0.5, 0.6) is 0 Å². The van der Waals surface area contributed by atoms with E-state index in [1.165, 1.54) is 6.07 Å². The fourth-order valence-corrected chi connectivity index (χ4v) is 3.75. The van der Waals surface area contributed by atoms with Gasteiger partial charge in [-0.15, -0.1) is 4.40 Å². The van der Waals surface area contributed by atoms with Crippen LogP contribution in [-0.2, 0) is 19.6 Å². The first kappa shape index (κ1) is 18.9. The summed E-state index contributed by atoms with van der Waals surface area (Å²) in [6.45, 7) is 0.810. The summed E-state index contributed by atoms with van der Waals surface area (Å²) in [4.78, 5) is 24.0. The van der Waals surface area contributed by atoms with Crippen molar-refractivity contribution in [1.82, 2.24) is 10.2 Å². The number of hydrogen-bond donors (Lipinski definition) is 2. The van der Waals surface area contributed by atoms with Gasteiger partial charge >= 0.3 is 5.97 Å². The number of sulfonamides is 1. The van der Waals surface area contributed by atoms with Crippen LogP contribution < -0.4 is 5.32 Å². The number of nitrogens with zero attached hydrogens (tertiary/aromatic N) is 2. The van der Waals surface area contributed by atoms with Gasteiger partial charge in [0.05, 0.1) is 0 Å². The van der Waals surface area contributed by atoms with Gasteiger partial charge in [-0.2, -0.15) is 8.42 Å². The molecule has 1 heterocycles. The lowest BCUT2D eigenvalue weighted by Crippen LogP contribution is -2.29. The Kier molecular flexibility index (Phi) is 6.13. The number of nitrogens with one attached hydrogen (secondary N) is 1. The molecule has 9 heteroatoms. The number of carboxylic acids is 1. The number of amides is 1. The van der Waals surface area contributed by atoms with Crippen LogP contribution in [0.4, 0.5) is 0 Å². The van der Waals surface area contributed by atoms with Crippen LogP contribution in [0.15, 0.2) is 33.6 Å². The number of carbonyl (C=O) groups is 2. The molecule has 1 aromatic carbocycles. The largest absolute Gasteiger partial charge is 0.481 e. The van der Waals surface area contributed by atoms with Crippen LogP contribution in [0.2, 0.25) is 0 Å². The third-order valence-corrected chi connectivity index (χ3v) is 5.09. The van der Waals surface area contributed by atoms with Gasteiger partial charge in [0.25, 0.3) is 10.0 Å². The zero-order valence-electron chi connectivity index (χ0n) is 13.9. The fourth-order valence-electron chi connectivity index (χ4n) is 2.50. The molecule has 0 spiro atoms. The minimum atomic E-state index is -3.64. The summed E-state index contributed by atoms with van der Waals surface area (Å²) in [6, 6.07) is 6.65. The highest BCUT2D eigenvalue weighted by Gasteiger charge is 2.30. The normalized spacial score (nSPS) is 14.5. The van der Waals surface area contributed by atoms with E-state index in [9.17, 15) is 18.0 Å². The van der Waals surface area contributed by atoms with Crippen LogP contribution in [0, 0.1) is 0 Å². The van der Waals surface area contributed by atoms with E-state index in [2.05, 4.69) is 9.71 Å². The van der Waals surface area contributed by atoms with Gasteiger partial charge in [-0.3, -0.25) is 9.59 Å². The molecule has 0 radical (unpaired) electrons. The second-order valence-corrected chi connectivity index (χ2v) is 7.33. The molecule has 1 aliphatic heterocycles. The van der Waals surface area contributed by atoms with Gasteiger partial charge in [-0.25, -0.2) is 0 Å².